The summed E-state index contributed by atoms with van der Waals surface area (Å²) in [6.07, 6.45) is 8.12. The lowest BCUT2D eigenvalue weighted by molar-refractivity contribution is -0.438. The van der Waals surface area contributed by atoms with Crippen molar-refractivity contribution in [2.24, 2.45) is 0 Å². The van der Waals surface area contributed by atoms with Gasteiger partial charge in [0.1, 0.15) is 17.9 Å². The quantitative estimate of drug-likeness (QED) is 0.180. The standard InChI is InChI=1S/C31H38N2O6S2/c1-30(2)23-13-5-7-15-25(23)32(20-9-10-22-40(34,35)36)27(30)17-11-18-28-31(3,4)24-14-6-8-16-26(24)33(28)21-12-19-29(33)41(37,38)39/h5-8,11,13-18,29H,9-10,12,19-22H2,1-4H3/p+2/b17-11?,28-18+. The van der Waals surface area contributed by atoms with E-state index in [4.69, 9.17) is 4.55 Å². The van der Waals surface area contributed by atoms with Gasteiger partial charge in [-0.05, 0) is 46.3 Å². The highest BCUT2D eigenvalue weighted by Gasteiger charge is 2.62. The number of quaternary nitrogens is 1. The monoisotopic (exact) mass is 600 g/mol. The minimum absolute atomic E-state index is 0.116. The van der Waals surface area contributed by atoms with Gasteiger partial charge in [0, 0.05) is 42.5 Å². The van der Waals surface area contributed by atoms with Gasteiger partial charge in [0.2, 0.25) is 11.1 Å². The number of para-hydroxylation sites is 2. The number of fused-ring (bicyclic) bond motifs is 3. The van der Waals surface area contributed by atoms with Crippen molar-refractivity contribution in [3.05, 3.63) is 83.6 Å². The molecule has 0 saturated carbocycles. The smallest absolute Gasteiger partial charge is 0.286 e. The maximum Gasteiger partial charge on any atom is 0.320 e. The van der Waals surface area contributed by atoms with E-state index in [1.807, 2.05) is 42.5 Å². The molecule has 2 aromatic carbocycles. The van der Waals surface area contributed by atoms with E-state index in [2.05, 4.69) is 56.5 Å². The van der Waals surface area contributed by atoms with Gasteiger partial charge < -0.3 is 0 Å². The molecule has 1 fully saturated rings. The Kier molecular flexibility index (Phi) is 7.48. The number of allylic oxidation sites excluding steroid dienone is 4. The number of nitrogens with zero attached hydrogens (tertiary/aromatic N) is 2. The molecule has 3 aliphatic rings. The van der Waals surface area contributed by atoms with Crippen molar-refractivity contribution in [3.63, 3.8) is 0 Å². The van der Waals surface area contributed by atoms with E-state index in [-0.39, 0.29) is 15.7 Å². The Hall–Kier alpha value is -2.63. The van der Waals surface area contributed by atoms with Crippen molar-refractivity contribution in [1.29, 1.82) is 0 Å². The third-order valence-electron chi connectivity index (χ3n) is 9.22. The first-order valence-electron chi connectivity index (χ1n) is 14.1. The van der Waals surface area contributed by atoms with Gasteiger partial charge in [-0.25, -0.2) is 4.48 Å². The summed E-state index contributed by atoms with van der Waals surface area (Å²) < 4.78 is 69.8. The van der Waals surface area contributed by atoms with Crippen molar-refractivity contribution in [2.45, 2.75) is 69.6 Å². The summed E-state index contributed by atoms with van der Waals surface area (Å²) >= 11 is 0. The zero-order chi connectivity index (χ0) is 29.8. The van der Waals surface area contributed by atoms with E-state index in [0.29, 0.717) is 38.8 Å². The topological polar surface area (TPSA) is 112 Å². The van der Waals surface area contributed by atoms with Crippen LogP contribution in [-0.4, -0.2) is 60.4 Å². The molecule has 220 valence electrons. The molecule has 8 nitrogen and oxygen atoms in total. The molecule has 1 spiro atoms. The van der Waals surface area contributed by atoms with Crippen LogP contribution in [0.25, 0.3) is 0 Å². The molecule has 41 heavy (non-hydrogen) atoms. The van der Waals surface area contributed by atoms with Gasteiger partial charge in [-0.1, -0.05) is 42.5 Å². The molecule has 3 aliphatic heterocycles. The second kappa shape index (κ2) is 10.3. The van der Waals surface area contributed by atoms with Crippen molar-refractivity contribution < 1.29 is 30.5 Å². The Morgan fingerprint density at radius 2 is 1.59 bits per heavy atom. The predicted molar refractivity (Wildman–Crippen MR) is 163 cm³/mol. The van der Waals surface area contributed by atoms with Gasteiger partial charge in [0.25, 0.3) is 10.1 Å². The fourth-order valence-electron chi connectivity index (χ4n) is 7.43. The summed E-state index contributed by atoms with van der Waals surface area (Å²) in [6.45, 7) is 9.74. The van der Waals surface area contributed by atoms with E-state index in [1.165, 1.54) is 5.56 Å². The molecule has 0 aliphatic carbocycles. The molecule has 2 N–H and O–H groups in total. The number of rotatable bonds is 8. The van der Waals surface area contributed by atoms with Crippen LogP contribution in [0.3, 0.4) is 0 Å². The lowest BCUT2D eigenvalue weighted by Crippen LogP contribution is -2.55. The molecule has 10 heteroatoms. The minimum atomic E-state index is -4.31. The first kappa shape index (κ1) is 29.8. The number of benzene rings is 2. The molecular formula is C31H40N2O6S2+2. The molecule has 1 saturated heterocycles. The highest BCUT2D eigenvalue weighted by Crippen LogP contribution is 2.57. The lowest BCUT2D eigenvalue weighted by atomic mass is 9.81. The van der Waals surface area contributed by atoms with Gasteiger partial charge >= 0.3 is 10.1 Å². The molecule has 2 atom stereocenters. The minimum Gasteiger partial charge on any atom is -0.286 e. The Labute approximate surface area is 243 Å². The van der Waals surface area contributed by atoms with Crippen LogP contribution in [0.1, 0.15) is 64.5 Å². The summed E-state index contributed by atoms with van der Waals surface area (Å²) in [5, 5.41) is -0.954. The molecule has 2 aromatic rings. The van der Waals surface area contributed by atoms with Crippen LogP contribution in [0.15, 0.2) is 72.5 Å². The normalized spacial score (nSPS) is 25.9. The molecule has 5 rings (SSSR count). The Balaban J connectivity index is 1.59. The lowest BCUT2D eigenvalue weighted by Gasteiger charge is -2.37. The van der Waals surface area contributed by atoms with E-state index < -0.39 is 31.0 Å². The zero-order valence-corrected chi connectivity index (χ0v) is 25.7. The van der Waals surface area contributed by atoms with Gasteiger partial charge in [0.05, 0.1) is 23.1 Å². The summed E-state index contributed by atoms with van der Waals surface area (Å²) in [5.41, 5.74) is 5.45. The number of hydrogen-bond donors (Lipinski definition) is 2. The number of hydrogen-bond acceptors (Lipinski definition) is 4. The highest BCUT2D eigenvalue weighted by atomic mass is 32.2. The Morgan fingerprint density at radius 3 is 2.27 bits per heavy atom. The third-order valence-corrected chi connectivity index (χ3v) is 11.3. The predicted octanol–water partition coefficient (Wildman–Crippen LogP) is 5.48. The fourth-order valence-corrected chi connectivity index (χ4v) is 9.25. The van der Waals surface area contributed by atoms with E-state index in [0.717, 1.165) is 28.3 Å². The van der Waals surface area contributed by atoms with Gasteiger partial charge in [-0.3, -0.25) is 9.11 Å². The number of unbranched alkanes of at least 4 members (excludes halogenated alkanes) is 1. The Morgan fingerprint density at radius 1 is 0.927 bits per heavy atom. The van der Waals surface area contributed by atoms with Crippen LogP contribution in [0.2, 0.25) is 0 Å². The van der Waals surface area contributed by atoms with E-state index >= 15 is 0 Å². The average molecular weight is 601 g/mol. The van der Waals surface area contributed by atoms with Crippen molar-refractivity contribution in [1.82, 2.24) is 4.48 Å². The first-order chi connectivity index (χ1) is 19.1. The first-order valence-corrected chi connectivity index (χ1v) is 17.3. The van der Waals surface area contributed by atoms with Gasteiger partial charge in [0.15, 0.2) is 5.71 Å². The summed E-state index contributed by atoms with van der Waals surface area (Å²) in [7, 11) is -8.32. The molecule has 0 bridgehead atoms. The van der Waals surface area contributed by atoms with Crippen LogP contribution in [0.4, 0.5) is 11.4 Å². The maximum absolute atomic E-state index is 12.7. The van der Waals surface area contributed by atoms with E-state index in [1.54, 1.807) is 0 Å². The van der Waals surface area contributed by atoms with Crippen LogP contribution in [0.5, 0.6) is 0 Å². The summed E-state index contributed by atoms with van der Waals surface area (Å²) in [6, 6.07) is 16.1. The molecule has 0 radical (unpaired) electrons. The molecule has 3 heterocycles. The fraction of sp³-hybridized carbons (Fsp3) is 0.452. The second-order valence-corrected chi connectivity index (χ2v) is 15.6. The van der Waals surface area contributed by atoms with E-state index in [9.17, 15) is 21.4 Å². The average Bonchev–Trinajstić information content (AvgIpc) is 3.48. The van der Waals surface area contributed by atoms with Crippen LogP contribution in [-0.2, 0) is 31.1 Å². The van der Waals surface area contributed by atoms with Crippen LogP contribution >= 0.6 is 0 Å². The third kappa shape index (κ3) is 5.03. The summed E-state index contributed by atoms with van der Waals surface area (Å²) in [5.74, 6) is -0.270. The SMILES string of the molecule is CC1(C)C(C=C/C=C2\C(C)(C)c3ccccc3[N+]23CCCC3S(=O)(=O)O)=[N+](CCCCS(=O)(=O)O)c2ccccc21. The van der Waals surface area contributed by atoms with Crippen molar-refractivity contribution in [3.8, 4) is 0 Å². The van der Waals surface area contributed by atoms with Crippen molar-refractivity contribution in [2.75, 3.05) is 18.8 Å². The van der Waals surface area contributed by atoms with Gasteiger partial charge in [-0.2, -0.15) is 21.4 Å². The van der Waals surface area contributed by atoms with Crippen LogP contribution < -0.4 is 4.48 Å². The largest absolute Gasteiger partial charge is 0.320 e. The summed E-state index contributed by atoms with van der Waals surface area (Å²) in [4.78, 5) is 0. The zero-order valence-electron chi connectivity index (χ0n) is 24.1. The molecular weight excluding hydrogens is 560 g/mol. The molecule has 0 amide bonds. The van der Waals surface area contributed by atoms with Crippen LogP contribution in [0, 0.1) is 0 Å². The molecule has 0 aromatic heterocycles. The highest BCUT2D eigenvalue weighted by molar-refractivity contribution is 7.86. The van der Waals surface area contributed by atoms with Gasteiger partial charge in [-0.15, -0.1) is 0 Å². The second-order valence-electron chi connectivity index (χ2n) is 12.4. The van der Waals surface area contributed by atoms with Crippen molar-refractivity contribution >= 4 is 37.3 Å². The maximum atomic E-state index is 12.7. The Bertz CT molecular complexity index is 1690. The molecule has 2 unspecified atom stereocenters.